The van der Waals surface area contributed by atoms with E-state index < -0.39 is 24.9 Å². The highest BCUT2D eigenvalue weighted by Gasteiger charge is 2.27. The molecule has 1 aromatic heterocycles. The molecule has 0 unspecified atom stereocenters. The van der Waals surface area contributed by atoms with Crippen molar-refractivity contribution in [3.05, 3.63) is 21.9 Å². The van der Waals surface area contributed by atoms with Gasteiger partial charge in [-0.1, -0.05) is 0 Å². The Balaban J connectivity index is 2.55. The molecule has 0 radical (unpaired) electrons. The third kappa shape index (κ3) is 3.24. The van der Waals surface area contributed by atoms with Gasteiger partial charge in [-0.05, 0) is 17.9 Å². The Morgan fingerprint density at radius 3 is 2.73 bits per heavy atom. The van der Waals surface area contributed by atoms with E-state index in [1.54, 1.807) is 17.7 Å². The fourth-order valence-corrected chi connectivity index (χ4v) is 1.80. The second kappa shape index (κ2) is 4.67. The summed E-state index contributed by atoms with van der Waals surface area (Å²) in [6.07, 6.45) is 0. The molecule has 84 valence electrons. The number of hydrogen-bond donors (Lipinski definition) is 2. The smallest absolute Gasteiger partial charge is 0.277 e. The first kappa shape index (κ1) is 12.1. The first-order valence-corrected chi connectivity index (χ1v) is 5.29. The summed E-state index contributed by atoms with van der Waals surface area (Å²) >= 11 is 1.36. The summed E-state index contributed by atoms with van der Waals surface area (Å²) in [5, 5.41) is 5.57. The molecule has 0 saturated carbocycles. The zero-order chi connectivity index (χ0) is 11.5. The van der Waals surface area contributed by atoms with E-state index in [2.05, 4.69) is 5.32 Å². The van der Waals surface area contributed by atoms with Gasteiger partial charge in [0.05, 0.1) is 18.7 Å². The zero-order valence-corrected chi connectivity index (χ0v) is 9.04. The van der Waals surface area contributed by atoms with Gasteiger partial charge in [0.25, 0.3) is 11.8 Å². The van der Waals surface area contributed by atoms with Crippen molar-refractivity contribution in [2.45, 2.75) is 12.8 Å². The summed E-state index contributed by atoms with van der Waals surface area (Å²) in [6.45, 7) is 0.264. The Morgan fingerprint density at radius 1 is 1.60 bits per heavy atom. The predicted molar refractivity (Wildman–Crippen MR) is 55.4 cm³/mol. The average Bonchev–Trinajstić information content (AvgIpc) is 2.61. The molecule has 0 fully saturated rings. The molecule has 0 saturated heterocycles. The number of hydrogen-bond acceptors (Lipinski definition) is 3. The van der Waals surface area contributed by atoms with Crippen LogP contribution in [0.2, 0.25) is 0 Å². The highest BCUT2D eigenvalue weighted by molar-refractivity contribution is 7.08. The highest BCUT2D eigenvalue weighted by Crippen LogP contribution is 2.14. The zero-order valence-electron chi connectivity index (χ0n) is 8.22. The molecule has 3 nitrogen and oxygen atoms in total. The number of thiophene rings is 1. The predicted octanol–water partition coefficient (Wildman–Crippen LogP) is 1.38. The number of rotatable bonds is 4. The van der Waals surface area contributed by atoms with E-state index in [0.717, 1.165) is 5.56 Å². The SMILES string of the molecule is Cc1cscc1C(=O)NCC(F)(F)CN. The summed E-state index contributed by atoms with van der Waals surface area (Å²) in [7, 11) is 0. The van der Waals surface area contributed by atoms with Crippen LogP contribution in [-0.4, -0.2) is 24.9 Å². The Morgan fingerprint density at radius 2 is 2.27 bits per heavy atom. The highest BCUT2D eigenvalue weighted by atomic mass is 32.1. The maximum absolute atomic E-state index is 12.7. The van der Waals surface area contributed by atoms with E-state index in [1.807, 2.05) is 0 Å². The normalized spacial score (nSPS) is 11.5. The van der Waals surface area contributed by atoms with Crippen LogP contribution in [-0.2, 0) is 0 Å². The van der Waals surface area contributed by atoms with Gasteiger partial charge in [-0.25, -0.2) is 8.78 Å². The minimum atomic E-state index is -3.04. The van der Waals surface area contributed by atoms with Crippen molar-refractivity contribution in [2.75, 3.05) is 13.1 Å². The van der Waals surface area contributed by atoms with Crippen LogP contribution in [0.1, 0.15) is 15.9 Å². The van der Waals surface area contributed by atoms with E-state index in [9.17, 15) is 13.6 Å². The first-order chi connectivity index (χ1) is 6.96. The van der Waals surface area contributed by atoms with E-state index >= 15 is 0 Å². The first-order valence-electron chi connectivity index (χ1n) is 4.35. The molecule has 0 aliphatic heterocycles. The quantitative estimate of drug-likeness (QED) is 0.827. The Hall–Kier alpha value is -1.01. The summed E-state index contributed by atoms with van der Waals surface area (Å²) in [5.74, 6) is -3.53. The van der Waals surface area contributed by atoms with Crippen LogP contribution in [0.4, 0.5) is 8.78 Å². The number of alkyl halides is 2. The molecule has 3 N–H and O–H groups in total. The van der Waals surface area contributed by atoms with Gasteiger partial charge in [0.1, 0.15) is 0 Å². The monoisotopic (exact) mass is 234 g/mol. The number of nitrogens with one attached hydrogen (secondary N) is 1. The summed E-state index contributed by atoms with van der Waals surface area (Å²) in [4.78, 5) is 11.4. The molecule has 0 atom stereocenters. The van der Waals surface area contributed by atoms with Crippen molar-refractivity contribution < 1.29 is 13.6 Å². The topological polar surface area (TPSA) is 55.1 Å². The second-order valence-corrected chi connectivity index (χ2v) is 3.95. The van der Waals surface area contributed by atoms with E-state index in [1.165, 1.54) is 11.3 Å². The van der Waals surface area contributed by atoms with Crippen molar-refractivity contribution in [2.24, 2.45) is 5.73 Å². The van der Waals surface area contributed by atoms with Crippen LogP contribution in [0, 0.1) is 6.92 Å². The molecule has 0 aliphatic rings. The maximum Gasteiger partial charge on any atom is 0.277 e. The minimum absolute atomic E-state index is 0.438. The van der Waals surface area contributed by atoms with Gasteiger partial charge < -0.3 is 11.1 Å². The Kier molecular flexibility index (Phi) is 3.76. The molecular formula is C9H12F2N2OS. The van der Waals surface area contributed by atoms with Gasteiger partial charge in [0.15, 0.2) is 0 Å². The number of carbonyl (C=O) groups is 1. The molecule has 1 amide bonds. The third-order valence-corrected chi connectivity index (χ3v) is 2.77. The summed E-state index contributed by atoms with van der Waals surface area (Å²) in [6, 6.07) is 0. The van der Waals surface area contributed by atoms with Crippen LogP contribution in [0.5, 0.6) is 0 Å². The summed E-state index contributed by atoms with van der Waals surface area (Å²) in [5.41, 5.74) is 6.07. The van der Waals surface area contributed by atoms with Gasteiger partial charge in [0, 0.05) is 5.38 Å². The third-order valence-electron chi connectivity index (χ3n) is 1.91. The van der Waals surface area contributed by atoms with Gasteiger partial charge in [-0.15, -0.1) is 0 Å². The van der Waals surface area contributed by atoms with Crippen molar-refractivity contribution in [3.8, 4) is 0 Å². The van der Waals surface area contributed by atoms with E-state index in [0.29, 0.717) is 5.56 Å². The van der Waals surface area contributed by atoms with Crippen LogP contribution in [0.3, 0.4) is 0 Å². The lowest BCUT2D eigenvalue weighted by molar-refractivity contribution is 0.0118. The number of nitrogens with two attached hydrogens (primary N) is 1. The average molecular weight is 234 g/mol. The number of halogens is 2. The molecule has 15 heavy (non-hydrogen) atoms. The second-order valence-electron chi connectivity index (χ2n) is 3.21. The molecule has 6 heteroatoms. The number of aryl methyl sites for hydroxylation is 1. The van der Waals surface area contributed by atoms with Crippen molar-refractivity contribution >= 4 is 17.2 Å². The van der Waals surface area contributed by atoms with Crippen LogP contribution < -0.4 is 11.1 Å². The number of carbonyl (C=O) groups excluding carboxylic acids is 1. The van der Waals surface area contributed by atoms with Crippen LogP contribution in [0.15, 0.2) is 10.8 Å². The number of amides is 1. The van der Waals surface area contributed by atoms with Gasteiger partial charge >= 0.3 is 0 Å². The molecule has 0 aromatic carbocycles. The van der Waals surface area contributed by atoms with Crippen molar-refractivity contribution in [3.63, 3.8) is 0 Å². The Bertz CT molecular complexity index is 352. The standard InChI is InChI=1S/C9H12F2N2OS/c1-6-2-15-3-7(6)8(14)13-5-9(10,11)4-12/h2-3H,4-5,12H2,1H3,(H,13,14). The van der Waals surface area contributed by atoms with Crippen LogP contribution >= 0.6 is 11.3 Å². The largest absolute Gasteiger partial charge is 0.346 e. The fraction of sp³-hybridized carbons (Fsp3) is 0.444. The fourth-order valence-electron chi connectivity index (χ4n) is 0.970. The van der Waals surface area contributed by atoms with Crippen LogP contribution in [0.25, 0.3) is 0 Å². The molecule has 1 rings (SSSR count). The van der Waals surface area contributed by atoms with E-state index in [4.69, 9.17) is 5.73 Å². The van der Waals surface area contributed by atoms with Crippen molar-refractivity contribution in [1.82, 2.24) is 5.32 Å². The lowest BCUT2D eigenvalue weighted by atomic mass is 10.2. The maximum atomic E-state index is 12.7. The lowest BCUT2D eigenvalue weighted by Gasteiger charge is -2.14. The lowest BCUT2D eigenvalue weighted by Crippen LogP contribution is -2.41. The summed E-state index contributed by atoms with van der Waals surface area (Å²) < 4.78 is 25.4. The van der Waals surface area contributed by atoms with E-state index in [-0.39, 0.29) is 0 Å². The molecular weight excluding hydrogens is 222 g/mol. The molecule has 1 aromatic rings. The molecule has 0 bridgehead atoms. The van der Waals surface area contributed by atoms with Gasteiger partial charge in [-0.2, -0.15) is 11.3 Å². The molecule has 0 spiro atoms. The minimum Gasteiger partial charge on any atom is -0.346 e. The Labute approximate surface area is 90.3 Å². The van der Waals surface area contributed by atoms with Gasteiger partial charge in [-0.3, -0.25) is 4.79 Å². The van der Waals surface area contributed by atoms with Crippen molar-refractivity contribution in [1.29, 1.82) is 0 Å². The molecule has 1 heterocycles. The molecule has 0 aliphatic carbocycles. The van der Waals surface area contributed by atoms with Gasteiger partial charge in [0.2, 0.25) is 0 Å².